The van der Waals surface area contributed by atoms with Gasteiger partial charge in [-0.05, 0) is 198 Å². The first-order chi connectivity index (χ1) is 61.0. The van der Waals surface area contributed by atoms with Crippen LogP contribution >= 0.6 is 138 Å². The summed E-state index contributed by atoms with van der Waals surface area (Å²) in [6.45, 7) is 31.8. The summed E-state index contributed by atoms with van der Waals surface area (Å²) in [5.41, 5.74) is 58.8. The first kappa shape index (κ1) is 124. The predicted molar refractivity (Wildman–Crippen MR) is 541 cm³/mol. The second kappa shape index (κ2) is 57.2. The number of aromatic nitrogens is 2. The lowest BCUT2D eigenvalue weighted by Gasteiger charge is -2.07. The van der Waals surface area contributed by atoms with Crippen LogP contribution in [0.15, 0.2) is 172 Å². The minimum Gasteiger partial charge on any atom is -0.465 e. The molecule has 48 heteroatoms. The standard InChI is InChI=1S/C9H6BrNO3.C9H6BrNO2.C9H10BrNO2.C9H6ClNO3.C9H6ClNO2.C9H10ClNO2.C8H9BrN2O.C8H7BrN2.C8H9ClN2O.C8H7ClN2.2H3N.2H2O2.2H2O/c1-4-6(10)3-2-5-7(4)11-9(13)14-8(5)12;1-4-6(10)3-2-5-7(4)11-9(13)8(5)12;1-5-7(10)4-3-6(8(5)11)9(12)13-2;1-4-2-3-5(10)6-7(4)11-9(13)14-8(6)12;1-4-2-3-5(10)6-7(4)11-9(13)8(6)12;1-5-3-4-6(10)7(8(5)11)9(12)13-2;1-4-6(9)3-2-5(7(4)10)8(11)12;1-5-6(9)3-4-7(11-2)8(5)10;1-4-2-3-5(9)6(7(4)10)8(11)12;1-5-3-4-6(9)8(11-2)7(5)10;;;2*1-2;;/h2-3H,1H3,(H,11,13);2-3H,1H3,(H,11,12,13);3-4H,11H2,1-2H3;2-3H,1H3,(H,11,13);2-3H,1H3,(H,11,12,13);3-4H,11H2,1-2H3;2-3H,10H2,1H3,(H2,11,12);3-4H,10H2,1H3;2-3H,10H2,1H3,(H2,11,12);3-4H,10H2,1H3;2*1H3;2*1-2H;2*1H2. The molecule has 0 unspecified atom stereocenters. The molecule has 34 N–H and O–H groups in total. The molecule has 0 atom stereocenters. The van der Waals surface area contributed by atoms with Crippen molar-refractivity contribution in [2.24, 2.45) is 11.5 Å². The molecule has 2 aliphatic rings. The van der Waals surface area contributed by atoms with Crippen molar-refractivity contribution < 1.29 is 88.6 Å². The number of fused-ring (bicyclic) bond motifs is 4. The van der Waals surface area contributed by atoms with Crippen molar-refractivity contribution in [2.75, 3.05) is 59.3 Å². The maximum atomic E-state index is 11.3. The third-order valence-corrected chi connectivity index (χ3v) is 24.1. The zero-order chi connectivity index (χ0) is 99.2. The van der Waals surface area contributed by atoms with Crippen LogP contribution in [0.1, 0.15) is 118 Å². The molecule has 0 fully saturated rings. The molecule has 0 spiro atoms. The fourth-order valence-electron chi connectivity index (χ4n) is 10.7. The molecule has 14 rings (SSSR count). The number of primary amides is 2. The lowest BCUT2D eigenvalue weighted by molar-refractivity contribution is -0.176. The van der Waals surface area contributed by atoms with Crippen molar-refractivity contribution in [3.63, 3.8) is 0 Å². The van der Waals surface area contributed by atoms with Crippen molar-refractivity contribution >= 4 is 263 Å². The topological polar surface area (TPSA) is 736 Å². The summed E-state index contributed by atoms with van der Waals surface area (Å²) >= 11 is 45.4. The number of ketones is 2. The van der Waals surface area contributed by atoms with Crippen LogP contribution < -0.4 is 91.6 Å². The van der Waals surface area contributed by atoms with Gasteiger partial charge in [0.25, 0.3) is 35.2 Å². The fourth-order valence-corrected chi connectivity index (χ4v) is 13.6. The number of amides is 4. The summed E-state index contributed by atoms with van der Waals surface area (Å²) < 4.78 is 22.3. The number of anilines is 8. The second-order valence-electron chi connectivity index (χ2n) is 26.3. The van der Waals surface area contributed by atoms with Gasteiger partial charge in [-0.1, -0.05) is 186 Å². The Labute approximate surface area is 830 Å². The lowest BCUT2D eigenvalue weighted by Crippen LogP contribution is -2.15. The summed E-state index contributed by atoms with van der Waals surface area (Å²) in [5.74, 6) is -5.67. The van der Waals surface area contributed by atoms with Gasteiger partial charge in [0.1, 0.15) is 10.9 Å². The van der Waals surface area contributed by atoms with Crippen LogP contribution in [-0.4, -0.2) is 103 Å². The van der Waals surface area contributed by atoms with Crippen LogP contribution in [0.2, 0.25) is 25.1 Å². The van der Waals surface area contributed by atoms with Gasteiger partial charge in [-0.15, -0.1) is 0 Å². The zero-order valence-corrected chi connectivity index (χ0v) is 84.3. The van der Waals surface area contributed by atoms with Crippen LogP contribution in [0.4, 0.5) is 56.9 Å². The van der Waals surface area contributed by atoms with Gasteiger partial charge in [0.15, 0.2) is 0 Å². The molecule has 0 saturated heterocycles. The largest absolute Gasteiger partial charge is 0.465 e. The minimum atomic E-state index is -0.770. The van der Waals surface area contributed by atoms with Crippen molar-refractivity contribution in [1.29, 1.82) is 0 Å². The molecule has 4 amide bonds. The van der Waals surface area contributed by atoms with E-state index in [1.54, 1.807) is 136 Å². The summed E-state index contributed by atoms with van der Waals surface area (Å²) in [4.78, 5) is 144. The molecule has 0 bridgehead atoms. The van der Waals surface area contributed by atoms with Crippen molar-refractivity contribution in [3.8, 4) is 0 Å². The molecular weight excluding hydrogens is 2190 g/mol. The molecule has 0 aliphatic carbocycles. The second-order valence-corrected chi connectivity index (χ2v) is 32.6. The number of hydrogen-bond donors (Lipinski definition) is 18. The van der Waals surface area contributed by atoms with Crippen molar-refractivity contribution in [1.82, 2.24) is 22.3 Å². The monoisotopic (exact) mass is 2270 g/mol. The number of nitrogens with one attached hydrogen (secondary N) is 4. The first-order valence-electron chi connectivity index (χ1n) is 36.1. The van der Waals surface area contributed by atoms with Crippen LogP contribution in [0.25, 0.3) is 31.5 Å². The highest BCUT2D eigenvalue weighted by atomic mass is 79.9. The number of esters is 2. The van der Waals surface area contributed by atoms with E-state index in [9.17, 15) is 57.5 Å². The number of hydrogen-bond acceptors (Lipinski definition) is 28. The number of Topliss-reactive ketones (excluding diaryl/α,β-unsaturated/α-hetero) is 2. The Morgan fingerprint density at radius 2 is 0.784 bits per heavy atom. The highest BCUT2D eigenvalue weighted by Gasteiger charge is 2.32. The average molecular weight is 2280 g/mol. The average Bonchev–Trinajstić information content (AvgIpc) is 1.65. The molecule has 0 saturated carbocycles. The molecule has 134 heavy (non-hydrogen) atoms. The smallest absolute Gasteiger partial charge is 0.419 e. The van der Waals surface area contributed by atoms with E-state index in [4.69, 9.17) is 138 Å². The van der Waals surface area contributed by atoms with E-state index in [2.05, 4.69) is 128 Å². The Morgan fingerprint density at radius 3 is 1.26 bits per heavy atom. The number of ether oxygens (including phenoxy) is 2. The van der Waals surface area contributed by atoms with Crippen molar-refractivity contribution in [2.45, 2.75) is 69.2 Å². The molecular formula is C86H90Br5Cl5N16O22. The Hall–Kier alpha value is -12.5. The Morgan fingerprint density at radius 1 is 0.396 bits per heavy atom. The highest BCUT2D eigenvalue weighted by molar-refractivity contribution is 9.11. The van der Waals surface area contributed by atoms with Gasteiger partial charge >= 0.3 is 34.7 Å². The number of halogens is 10. The van der Waals surface area contributed by atoms with Crippen LogP contribution in [-0.2, 0) is 19.1 Å². The normalized spacial score (nSPS) is 10.3. The van der Waals surface area contributed by atoms with E-state index in [1.807, 2.05) is 54.5 Å². The number of carbonyl (C=O) groups is 8. The molecule has 2 aromatic heterocycles. The lowest BCUT2D eigenvalue weighted by atomic mass is 10.1. The number of H-pyrrole nitrogens is 2. The Kier molecular flexibility index (Phi) is 52.8. The number of nitrogens with zero attached hydrogens (tertiary/aromatic N) is 2. The number of aryl methyl sites for hydroxylation is 6. The maximum absolute atomic E-state index is 11.3. The Bertz CT molecular complexity index is 6740. The number of aromatic amines is 2. The number of nitrogen functional groups attached to an aromatic ring is 6. The molecule has 12 aromatic rings. The summed E-state index contributed by atoms with van der Waals surface area (Å²) in [7, 11) is 2.62. The predicted octanol–water partition coefficient (Wildman–Crippen LogP) is 18.0. The SMILES string of the molecule is COC(=O)c1c(Cl)ccc(C)c1N.COC(=O)c1ccc(Br)c(C)c1N.Cc1c(Br)ccc(C(N)=O)c1N.Cc1c(Br)ccc2c(=O)oc(=O)[nH]c12.Cc1c(Br)ccc2c1NC(=O)C2=O.Cc1ccc(Cl)c(C(N)=O)c1N.Cc1ccc(Cl)c2c(=O)oc(=O)[nH]c12.Cc1ccc(Cl)c2c1NC(=O)C2=O.N.N.O.O.OO.OO.[C-]#[N+]c1c(Cl)ccc(C)c1N.[C-]#[N+]c1ccc(Br)c(C)c1N. The van der Waals surface area contributed by atoms with E-state index < -0.39 is 69.9 Å². The van der Waals surface area contributed by atoms with Gasteiger partial charge in [0.2, 0.25) is 11.4 Å². The third kappa shape index (κ3) is 31.9. The third-order valence-electron chi connectivity index (χ3n) is 18.2. The molecule has 0 radical (unpaired) electrons. The van der Waals surface area contributed by atoms with E-state index in [-0.39, 0.29) is 44.8 Å². The molecule has 10 aromatic carbocycles. The highest BCUT2D eigenvalue weighted by Crippen LogP contribution is 2.37. The summed E-state index contributed by atoms with van der Waals surface area (Å²) in [5, 5.41) is 31.2. The van der Waals surface area contributed by atoms with Crippen molar-refractivity contribution in [3.05, 3.63) is 323 Å². The van der Waals surface area contributed by atoms with Crippen LogP contribution in [0.5, 0.6) is 0 Å². The Balaban J connectivity index is 0. The van der Waals surface area contributed by atoms with Gasteiger partial charge in [-0.2, -0.15) is 0 Å². The zero-order valence-electron chi connectivity index (χ0n) is 72.6. The van der Waals surface area contributed by atoms with Crippen LogP contribution in [0, 0.1) is 82.4 Å². The quantitative estimate of drug-likeness (QED) is 0.0194. The number of carbonyl (C=O) groups excluding carboxylic acids is 8. The molecule has 38 nitrogen and oxygen atoms in total. The van der Waals surface area contributed by atoms with Gasteiger partial charge in [0, 0.05) is 50.1 Å². The number of nitrogens with two attached hydrogens (primary N) is 8. The minimum absolute atomic E-state index is 0. The summed E-state index contributed by atoms with van der Waals surface area (Å²) in [6.07, 6.45) is 0. The first-order valence-corrected chi connectivity index (χ1v) is 41.9. The van der Waals surface area contributed by atoms with Gasteiger partial charge in [0.05, 0.1) is 114 Å². The van der Waals surface area contributed by atoms with Crippen LogP contribution in [0.3, 0.4) is 0 Å². The van der Waals surface area contributed by atoms with Gasteiger partial charge in [-0.3, -0.25) is 59.8 Å². The molecule has 716 valence electrons. The van der Waals surface area contributed by atoms with E-state index in [0.29, 0.717) is 116 Å². The molecule has 2 aliphatic heterocycles. The van der Waals surface area contributed by atoms with E-state index in [0.717, 1.165) is 78.0 Å². The number of benzene rings is 10. The maximum Gasteiger partial charge on any atom is 0.419 e. The number of rotatable bonds is 4. The van der Waals surface area contributed by atoms with E-state index in [1.165, 1.54) is 14.2 Å². The van der Waals surface area contributed by atoms with E-state index >= 15 is 0 Å². The molecule has 4 heterocycles. The summed E-state index contributed by atoms with van der Waals surface area (Å²) in [6, 6.07) is 34.0. The fraction of sp³-hybridized carbons (Fsp3) is 0.140. The van der Waals surface area contributed by atoms with Gasteiger partial charge < -0.3 is 98.1 Å². The van der Waals surface area contributed by atoms with Gasteiger partial charge in [-0.25, -0.2) is 38.5 Å². The number of methoxy groups -OCH3 is 2.